The molecule has 3 rings (SSSR count). The van der Waals surface area contributed by atoms with Gasteiger partial charge in [-0.05, 0) is 37.3 Å². The molecule has 23 heavy (non-hydrogen) atoms. The molecule has 0 spiro atoms. The molecule has 1 heterocycles. The number of amides is 1. The van der Waals surface area contributed by atoms with Gasteiger partial charge in [-0.15, -0.1) is 0 Å². The van der Waals surface area contributed by atoms with Gasteiger partial charge >= 0.3 is 0 Å². The lowest BCUT2D eigenvalue weighted by Gasteiger charge is -2.28. The van der Waals surface area contributed by atoms with E-state index >= 15 is 0 Å². The Morgan fingerprint density at radius 3 is 2.91 bits per heavy atom. The Morgan fingerprint density at radius 1 is 1.35 bits per heavy atom. The molecule has 1 unspecified atom stereocenters. The fourth-order valence-electron chi connectivity index (χ4n) is 2.67. The Bertz CT molecular complexity index is 736. The Balaban J connectivity index is 1.94. The van der Waals surface area contributed by atoms with Crippen molar-refractivity contribution in [3.8, 4) is 5.75 Å². The van der Waals surface area contributed by atoms with Crippen LogP contribution in [0.2, 0.25) is 0 Å². The number of rotatable bonds is 2. The summed E-state index contributed by atoms with van der Waals surface area (Å²) in [5.41, 5.74) is 3.60. The molecule has 6 heteroatoms. The maximum absolute atomic E-state index is 13.5. The van der Waals surface area contributed by atoms with Crippen LogP contribution >= 0.6 is 0 Å². The molecule has 1 aliphatic rings. The van der Waals surface area contributed by atoms with E-state index in [1.54, 1.807) is 29.7 Å². The van der Waals surface area contributed by atoms with Crippen molar-refractivity contribution in [3.05, 3.63) is 59.4 Å². The first-order valence-electron chi connectivity index (χ1n) is 7.31. The maximum atomic E-state index is 13.5. The number of anilines is 1. The van der Waals surface area contributed by atoms with E-state index < -0.39 is 5.91 Å². The van der Waals surface area contributed by atoms with Gasteiger partial charge in [0.15, 0.2) is 0 Å². The third-order valence-corrected chi connectivity index (χ3v) is 3.92. The fraction of sp³-hybridized carbons (Fsp3) is 0.235. The summed E-state index contributed by atoms with van der Waals surface area (Å²) in [6.45, 7) is 2.95. The molecule has 0 radical (unpaired) electrons. The van der Waals surface area contributed by atoms with Gasteiger partial charge in [0.25, 0.3) is 5.91 Å². The first-order valence-corrected chi connectivity index (χ1v) is 7.31. The summed E-state index contributed by atoms with van der Waals surface area (Å²) >= 11 is 0. The molecule has 0 bridgehead atoms. The number of ether oxygens (including phenoxy) is 1. The summed E-state index contributed by atoms with van der Waals surface area (Å²) in [7, 11) is 0. The quantitative estimate of drug-likeness (QED) is 0.660. The SMILES string of the molecule is CC1COc2cc(C(=O)NO)ccc2CN1c1cccc(F)c1. The lowest BCUT2D eigenvalue weighted by molar-refractivity contribution is 0.0706. The Labute approximate surface area is 133 Å². The summed E-state index contributed by atoms with van der Waals surface area (Å²) in [5.74, 6) is -0.275. The lowest BCUT2D eigenvalue weighted by Crippen LogP contribution is -2.34. The smallest absolute Gasteiger partial charge is 0.274 e. The van der Waals surface area contributed by atoms with Crippen LogP contribution < -0.4 is 15.1 Å². The summed E-state index contributed by atoms with van der Waals surface area (Å²) in [6.07, 6.45) is 0. The van der Waals surface area contributed by atoms with Crippen molar-refractivity contribution in [1.82, 2.24) is 5.48 Å². The number of nitrogens with zero attached hydrogens (tertiary/aromatic N) is 1. The van der Waals surface area contributed by atoms with Crippen molar-refractivity contribution < 1.29 is 19.1 Å². The summed E-state index contributed by atoms with van der Waals surface area (Å²) in [5, 5.41) is 8.72. The van der Waals surface area contributed by atoms with E-state index in [1.165, 1.54) is 12.1 Å². The third-order valence-electron chi connectivity index (χ3n) is 3.92. The molecule has 5 nitrogen and oxygen atoms in total. The second-order valence-corrected chi connectivity index (χ2v) is 5.53. The van der Waals surface area contributed by atoms with Gasteiger partial charge in [0.05, 0.1) is 6.04 Å². The van der Waals surface area contributed by atoms with Crippen LogP contribution in [0.4, 0.5) is 10.1 Å². The molecule has 0 saturated carbocycles. The molecule has 0 fully saturated rings. The van der Waals surface area contributed by atoms with Crippen LogP contribution in [0.5, 0.6) is 5.75 Å². The summed E-state index contributed by atoms with van der Waals surface area (Å²) in [4.78, 5) is 13.6. The number of carbonyl (C=O) groups is 1. The molecule has 2 N–H and O–H groups in total. The van der Waals surface area contributed by atoms with Gasteiger partial charge in [-0.3, -0.25) is 10.0 Å². The highest BCUT2D eigenvalue weighted by Gasteiger charge is 2.23. The van der Waals surface area contributed by atoms with Crippen molar-refractivity contribution in [3.63, 3.8) is 0 Å². The van der Waals surface area contributed by atoms with E-state index in [-0.39, 0.29) is 11.9 Å². The van der Waals surface area contributed by atoms with Crippen molar-refractivity contribution in [1.29, 1.82) is 0 Å². The normalized spacial score (nSPS) is 17.0. The summed E-state index contributed by atoms with van der Waals surface area (Å²) in [6, 6.07) is 11.5. The van der Waals surface area contributed by atoms with Crippen LogP contribution in [0.15, 0.2) is 42.5 Å². The van der Waals surface area contributed by atoms with Crippen LogP contribution in [0, 0.1) is 5.82 Å². The van der Waals surface area contributed by atoms with Gasteiger partial charge in [0.1, 0.15) is 18.2 Å². The standard InChI is InChI=1S/C17H17FN2O3/c1-11-10-23-16-7-12(17(21)19-22)5-6-13(16)9-20(11)15-4-2-3-14(18)8-15/h2-8,11,22H,9-10H2,1H3,(H,19,21). The highest BCUT2D eigenvalue weighted by atomic mass is 19.1. The van der Waals surface area contributed by atoms with E-state index in [2.05, 4.69) is 4.90 Å². The largest absolute Gasteiger partial charge is 0.491 e. The minimum atomic E-state index is -0.587. The molecule has 1 amide bonds. The molecule has 1 aliphatic heterocycles. The van der Waals surface area contributed by atoms with E-state index in [1.807, 2.05) is 13.0 Å². The summed E-state index contributed by atoms with van der Waals surface area (Å²) < 4.78 is 19.3. The molecule has 0 saturated heterocycles. The van der Waals surface area contributed by atoms with Gasteiger partial charge in [-0.25, -0.2) is 9.87 Å². The number of halogens is 1. The molecule has 0 aromatic heterocycles. The number of nitrogens with one attached hydrogen (secondary N) is 1. The average molecular weight is 316 g/mol. The molecule has 2 aromatic rings. The second-order valence-electron chi connectivity index (χ2n) is 5.53. The second kappa shape index (κ2) is 6.26. The number of hydrogen-bond donors (Lipinski definition) is 2. The molecule has 0 aliphatic carbocycles. The van der Waals surface area contributed by atoms with E-state index in [4.69, 9.17) is 9.94 Å². The van der Waals surface area contributed by atoms with E-state index in [0.29, 0.717) is 24.5 Å². The number of hydrogen-bond acceptors (Lipinski definition) is 4. The fourth-order valence-corrected chi connectivity index (χ4v) is 2.67. The molecular weight excluding hydrogens is 299 g/mol. The van der Waals surface area contributed by atoms with Gasteiger partial charge in [-0.1, -0.05) is 12.1 Å². The van der Waals surface area contributed by atoms with Crippen molar-refractivity contribution >= 4 is 11.6 Å². The highest BCUT2D eigenvalue weighted by Crippen LogP contribution is 2.30. The zero-order chi connectivity index (χ0) is 16.4. The third kappa shape index (κ3) is 3.12. The zero-order valence-electron chi connectivity index (χ0n) is 12.6. The monoisotopic (exact) mass is 316 g/mol. The van der Waals surface area contributed by atoms with E-state index in [0.717, 1.165) is 11.3 Å². The molecular formula is C17H17FN2O3. The zero-order valence-corrected chi connectivity index (χ0v) is 12.6. The van der Waals surface area contributed by atoms with Crippen molar-refractivity contribution in [2.75, 3.05) is 11.5 Å². The van der Waals surface area contributed by atoms with Gasteiger partial charge in [-0.2, -0.15) is 0 Å². The Kier molecular flexibility index (Phi) is 4.16. The number of hydroxylamine groups is 1. The Hall–Kier alpha value is -2.60. The van der Waals surface area contributed by atoms with Gasteiger partial charge < -0.3 is 9.64 Å². The lowest BCUT2D eigenvalue weighted by atomic mass is 10.1. The molecule has 120 valence electrons. The average Bonchev–Trinajstić information content (AvgIpc) is 2.73. The van der Waals surface area contributed by atoms with Crippen LogP contribution in [0.1, 0.15) is 22.8 Å². The minimum Gasteiger partial charge on any atom is -0.491 e. The predicted molar refractivity (Wildman–Crippen MR) is 83.2 cm³/mol. The van der Waals surface area contributed by atoms with Crippen LogP contribution in [-0.4, -0.2) is 23.8 Å². The van der Waals surface area contributed by atoms with Crippen LogP contribution in [0.3, 0.4) is 0 Å². The maximum Gasteiger partial charge on any atom is 0.274 e. The van der Waals surface area contributed by atoms with E-state index in [9.17, 15) is 9.18 Å². The number of benzene rings is 2. The minimum absolute atomic E-state index is 0.0410. The topological polar surface area (TPSA) is 61.8 Å². The number of fused-ring (bicyclic) bond motifs is 1. The van der Waals surface area contributed by atoms with Crippen molar-refractivity contribution in [2.45, 2.75) is 19.5 Å². The molecule has 2 aromatic carbocycles. The predicted octanol–water partition coefficient (Wildman–Crippen LogP) is 2.73. The first kappa shape index (κ1) is 15.3. The first-order chi connectivity index (χ1) is 11.1. The van der Waals surface area contributed by atoms with Crippen LogP contribution in [0.25, 0.3) is 0 Å². The van der Waals surface area contributed by atoms with Crippen LogP contribution in [-0.2, 0) is 6.54 Å². The van der Waals surface area contributed by atoms with Crippen molar-refractivity contribution in [2.24, 2.45) is 0 Å². The highest BCUT2D eigenvalue weighted by molar-refractivity contribution is 5.93. The molecule has 1 atom stereocenters. The Morgan fingerprint density at radius 2 is 2.17 bits per heavy atom. The van der Waals surface area contributed by atoms with Gasteiger partial charge in [0.2, 0.25) is 0 Å². The number of carbonyl (C=O) groups excluding carboxylic acids is 1. The van der Waals surface area contributed by atoms with Gasteiger partial charge in [0, 0.05) is 23.4 Å².